The Labute approximate surface area is 132 Å². The Bertz CT molecular complexity index is 566. The second-order valence-electron chi connectivity index (χ2n) is 5.00. The van der Waals surface area contributed by atoms with Gasteiger partial charge in [-0.15, -0.1) is 0 Å². The molecule has 1 rings (SSSR count). The highest BCUT2D eigenvalue weighted by Gasteiger charge is 2.18. The molecule has 1 aromatic rings. The van der Waals surface area contributed by atoms with Crippen molar-refractivity contribution in [2.75, 3.05) is 25.4 Å². The number of aryl methyl sites for hydroxylation is 1. The lowest BCUT2D eigenvalue weighted by atomic mass is 10.1. The maximum atomic E-state index is 11.9. The number of rotatable bonds is 8. The van der Waals surface area contributed by atoms with Gasteiger partial charge in [-0.05, 0) is 12.5 Å². The molecule has 6 nitrogen and oxygen atoms in total. The summed E-state index contributed by atoms with van der Waals surface area (Å²) in [6, 6.07) is 7.48. The summed E-state index contributed by atoms with van der Waals surface area (Å²) in [6.45, 7) is 6.98. The molecule has 0 unspecified atom stereocenters. The third kappa shape index (κ3) is 6.03. The van der Waals surface area contributed by atoms with Crippen LogP contribution in [0, 0.1) is 6.92 Å². The average molecular weight is 327 g/mol. The lowest BCUT2D eigenvalue weighted by molar-refractivity contribution is 0.241. The van der Waals surface area contributed by atoms with Crippen molar-refractivity contribution in [1.82, 2.24) is 14.9 Å². The highest BCUT2D eigenvalue weighted by atomic mass is 32.2. The lowest BCUT2D eigenvalue weighted by Gasteiger charge is -2.18. The van der Waals surface area contributed by atoms with E-state index in [9.17, 15) is 13.2 Å². The van der Waals surface area contributed by atoms with Crippen LogP contribution in [0.5, 0.6) is 0 Å². The molecule has 2 N–H and O–H groups in total. The molecule has 2 amide bonds. The van der Waals surface area contributed by atoms with Gasteiger partial charge in [-0.25, -0.2) is 17.5 Å². The Morgan fingerprint density at radius 3 is 2.23 bits per heavy atom. The number of hydrogen-bond donors (Lipinski definition) is 2. The number of amides is 2. The van der Waals surface area contributed by atoms with E-state index in [1.807, 2.05) is 31.2 Å². The van der Waals surface area contributed by atoms with Gasteiger partial charge in [-0.1, -0.05) is 43.7 Å². The molecular weight excluding hydrogens is 302 g/mol. The van der Waals surface area contributed by atoms with Crippen LogP contribution >= 0.6 is 0 Å². The lowest BCUT2D eigenvalue weighted by Crippen LogP contribution is -2.40. The molecule has 0 heterocycles. The zero-order valence-electron chi connectivity index (χ0n) is 13.4. The van der Waals surface area contributed by atoms with Crippen LogP contribution in [0.4, 0.5) is 4.79 Å². The first-order valence-corrected chi connectivity index (χ1v) is 9.05. The topological polar surface area (TPSA) is 78.5 Å². The molecular formula is C15H25N3O3S. The Morgan fingerprint density at radius 2 is 1.68 bits per heavy atom. The molecule has 0 aromatic heterocycles. The van der Waals surface area contributed by atoms with Gasteiger partial charge in [0.1, 0.15) is 0 Å². The summed E-state index contributed by atoms with van der Waals surface area (Å²) in [4.78, 5) is 11.6. The highest BCUT2D eigenvalue weighted by Crippen LogP contribution is 2.02. The van der Waals surface area contributed by atoms with E-state index >= 15 is 0 Å². The van der Waals surface area contributed by atoms with Crippen LogP contribution in [0.1, 0.15) is 25.0 Å². The van der Waals surface area contributed by atoms with E-state index in [1.54, 1.807) is 13.8 Å². The van der Waals surface area contributed by atoms with Crippen molar-refractivity contribution in [3.05, 3.63) is 35.4 Å². The van der Waals surface area contributed by atoms with Crippen LogP contribution in [-0.2, 0) is 16.6 Å². The molecule has 22 heavy (non-hydrogen) atoms. The van der Waals surface area contributed by atoms with Crippen LogP contribution in [0.15, 0.2) is 24.3 Å². The predicted molar refractivity (Wildman–Crippen MR) is 88.1 cm³/mol. The van der Waals surface area contributed by atoms with E-state index in [-0.39, 0.29) is 18.3 Å². The Kier molecular flexibility index (Phi) is 7.34. The number of sulfonamides is 1. The minimum atomic E-state index is -3.30. The number of carbonyl (C=O) groups is 1. The first kappa shape index (κ1) is 18.4. The molecule has 0 aliphatic rings. The number of hydrogen-bond acceptors (Lipinski definition) is 3. The first-order chi connectivity index (χ1) is 10.4. The molecule has 124 valence electrons. The van der Waals surface area contributed by atoms with Gasteiger partial charge in [-0.3, -0.25) is 0 Å². The van der Waals surface area contributed by atoms with E-state index in [4.69, 9.17) is 0 Å². The van der Waals surface area contributed by atoms with E-state index < -0.39 is 10.0 Å². The molecule has 0 radical (unpaired) electrons. The average Bonchev–Trinajstić information content (AvgIpc) is 2.47. The van der Waals surface area contributed by atoms with Gasteiger partial charge in [0.05, 0.1) is 5.75 Å². The second kappa shape index (κ2) is 8.75. The summed E-state index contributed by atoms with van der Waals surface area (Å²) in [5.41, 5.74) is 2.16. The number of carbonyl (C=O) groups excluding carboxylic acids is 1. The summed E-state index contributed by atoms with van der Waals surface area (Å²) >= 11 is 0. The maximum absolute atomic E-state index is 11.9. The molecule has 0 saturated heterocycles. The smallest absolute Gasteiger partial charge is 0.315 e. The predicted octanol–water partition coefficient (Wildman–Crippen LogP) is 1.47. The second-order valence-corrected chi connectivity index (χ2v) is 7.08. The van der Waals surface area contributed by atoms with Crippen molar-refractivity contribution in [1.29, 1.82) is 0 Å². The summed E-state index contributed by atoms with van der Waals surface area (Å²) < 4.78 is 25.3. The minimum absolute atomic E-state index is 0.0906. The molecule has 0 saturated carbocycles. The van der Waals surface area contributed by atoms with Crippen LogP contribution in [-0.4, -0.2) is 44.1 Å². The molecule has 0 aliphatic carbocycles. The molecule has 0 aliphatic heterocycles. The van der Waals surface area contributed by atoms with Gasteiger partial charge in [0, 0.05) is 26.2 Å². The number of benzene rings is 1. The number of urea groups is 1. The third-order valence-electron chi connectivity index (χ3n) is 3.32. The van der Waals surface area contributed by atoms with E-state index in [0.29, 0.717) is 19.6 Å². The summed E-state index contributed by atoms with van der Waals surface area (Å²) in [7, 11) is -3.30. The molecule has 0 spiro atoms. The van der Waals surface area contributed by atoms with E-state index in [2.05, 4.69) is 10.6 Å². The van der Waals surface area contributed by atoms with Crippen LogP contribution in [0.25, 0.3) is 0 Å². The summed E-state index contributed by atoms with van der Waals surface area (Å²) in [5.74, 6) is -0.0906. The van der Waals surface area contributed by atoms with Crippen molar-refractivity contribution in [2.24, 2.45) is 0 Å². The van der Waals surface area contributed by atoms with Crippen molar-refractivity contribution >= 4 is 16.1 Å². The SMILES string of the molecule is CCN(CC)S(=O)(=O)CCNC(=O)NCc1ccc(C)cc1. The van der Waals surface area contributed by atoms with Crippen molar-refractivity contribution in [3.8, 4) is 0 Å². The monoisotopic (exact) mass is 327 g/mol. The Balaban J connectivity index is 2.33. The van der Waals surface area contributed by atoms with Gasteiger partial charge in [0.15, 0.2) is 0 Å². The molecule has 0 atom stereocenters. The van der Waals surface area contributed by atoms with Gasteiger partial charge in [-0.2, -0.15) is 0 Å². The third-order valence-corrected chi connectivity index (χ3v) is 5.34. The standard InChI is InChI=1S/C15H25N3O3S/c1-4-18(5-2)22(20,21)11-10-16-15(19)17-12-14-8-6-13(3)7-9-14/h6-9H,4-5,10-12H2,1-3H3,(H2,16,17,19). The van der Waals surface area contributed by atoms with Gasteiger partial charge < -0.3 is 10.6 Å². The first-order valence-electron chi connectivity index (χ1n) is 7.44. The largest absolute Gasteiger partial charge is 0.337 e. The summed E-state index contributed by atoms with van der Waals surface area (Å²) in [6.07, 6.45) is 0. The van der Waals surface area contributed by atoms with Crippen LogP contribution in [0.3, 0.4) is 0 Å². The van der Waals surface area contributed by atoms with E-state index in [1.165, 1.54) is 4.31 Å². The van der Waals surface area contributed by atoms with E-state index in [0.717, 1.165) is 11.1 Å². The summed E-state index contributed by atoms with van der Waals surface area (Å²) in [5, 5.41) is 5.27. The minimum Gasteiger partial charge on any atom is -0.337 e. The number of nitrogens with zero attached hydrogens (tertiary/aromatic N) is 1. The molecule has 1 aromatic carbocycles. The zero-order chi connectivity index (χ0) is 16.6. The molecule has 7 heteroatoms. The normalized spacial score (nSPS) is 11.5. The van der Waals surface area contributed by atoms with Gasteiger partial charge >= 0.3 is 6.03 Å². The highest BCUT2D eigenvalue weighted by molar-refractivity contribution is 7.89. The quantitative estimate of drug-likeness (QED) is 0.759. The van der Waals surface area contributed by atoms with Crippen LogP contribution in [0.2, 0.25) is 0 Å². The zero-order valence-corrected chi connectivity index (χ0v) is 14.2. The van der Waals surface area contributed by atoms with Crippen molar-refractivity contribution < 1.29 is 13.2 Å². The van der Waals surface area contributed by atoms with Crippen molar-refractivity contribution in [3.63, 3.8) is 0 Å². The fraction of sp³-hybridized carbons (Fsp3) is 0.533. The fourth-order valence-corrected chi connectivity index (χ4v) is 3.40. The molecule has 0 fully saturated rings. The number of nitrogens with one attached hydrogen (secondary N) is 2. The van der Waals surface area contributed by atoms with Crippen LogP contribution < -0.4 is 10.6 Å². The fourth-order valence-electron chi connectivity index (χ4n) is 1.99. The van der Waals surface area contributed by atoms with Crippen molar-refractivity contribution in [2.45, 2.75) is 27.3 Å². The van der Waals surface area contributed by atoms with Gasteiger partial charge in [0.25, 0.3) is 0 Å². The van der Waals surface area contributed by atoms with Gasteiger partial charge in [0.2, 0.25) is 10.0 Å². The Morgan fingerprint density at radius 1 is 1.09 bits per heavy atom. The molecule has 0 bridgehead atoms. The maximum Gasteiger partial charge on any atom is 0.315 e. The Hall–Kier alpha value is -1.60.